The SMILES string of the molecule is COc1ccc(C(=O)N2CCC3(CC2)CCN(Cc2ccccc2OCC(C)C)C3OC(=O)C(F)(F)F)cc1OC. The van der Waals surface area contributed by atoms with E-state index < -0.39 is 23.8 Å². The molecule has 2 fully saturated rings. The third-order valence-corrected chi connectivity index (χ3v) is 7.80. The maximum Gasteiger partial charge on any atom is 0.490 e. The average Bonchev–Trinajstić information content (AvgIpc) is 3.27. The van der Waals surface area contributed by atoms with E-state index in [0.717, 1.165) is 5.56 Å². The van der Waals surface area contributed by atoms with Crippen LogP contribution in [0.3, 0.4) is 0 Å². The Bertz CT molecular complexity index is 1230. The first-order valence-electron chi connectivity index (χ1n) is 13.7. The Hall–Kier alpha value is -3.47. The molecule has 2 aliphatic heterocycles. The van der Waals surface area contributed by atoms with Gasteiger partial charge < -0.3 is 23.8 Å². The zero-order valence-electron chi connectivity index (χ0n) is 23.8. The molecule has 2 aliphatic rings. The molecule has 2 aromatic carbocycles. The van der Waals surface area contributed by atoms with Gasteiger partial charge in [0.2, 0.25) is 0 Å². The van der Waals surface area contributed by atoms with E-state index in [0.29, 0.717) is 74.2 Å². The monoisotopic (exact) mass is 578 g/mol. The van der Waals surface area contributed by atoms with Crippen LogP contribution in [0.1, 0.15) is 49.0 Å². The van der Waals surface area contributed by atoms with Gasteiger partial charge in [-0.25, -0.2) is 4.79 Å². The summed E-state index contributed by atoms with van der Waals surface area (Å²) in [4.78, 5) is 28.8. The van der Waals surface area contributed by atoms with Crippen LogP contribution in [0.25, 0.3) is 0 Å². The first-order valence-corrected chi connectivity index (χ1v) is 13.7. The molecular formula is C30H37F3N2O6. The predicted molar refractivity (Wildman–Crippen MR) is 145 cm³/mol. The van der Waals surface area contributed by atoms with Crippen molar-refractivity contribution in [1.29, 1.82) is 0 Å². The van der Waals surface area contributed by atoms with Gasteiger partial charge in [0.25, 0.3) is 5.91 Å². The zero-order chi connectivity index (χ0) is 29.8. The van der Waals surface area contributed by atoms with E-state index in [4.69, 9.17) is 18.9 Å². The number of amides is 1. The number of esters is 1. The highest BCUT2D eigenvalue weighted by atomic mass is 19.4. The zero-order valence-corrected chi connectivity index (χ0v) is 23.8. The topological polar surface area (TPSA) is 77.5 Å². The summed E-state index contributed by atoms with van der Waals surface area (Å²) in [5.74, 6) is -0.546. The van der Waals surface area contributed by atoms with Crippen LogP contribution in [0.2, 0.25) is 0 Å². The van der Waals surface area contributed by atoms with Crippen LogP contribution in [-0.2, 0) is 16.1 Å². The molecule has 0 saturated carbocycles. The van der Waals surface area contributed by atoms with Crippen molar-refractivity contribution >= 4 is 11.9 Å². The standard InChI is InChI=1S/C30H37F3N2O6/c1-20(2)19-40-23-8-6-5-7-22(23)18-35-16-13-29(27(35)41-28(37)30(31,32)33)11-14-34(15-12-29)26(36)21-9-10-24(38-3)25(17-21)39-4/h5-10,17,20,27H,11-16,18-19H2,1-4H3. The van der Waals surface area contributed by atoms with E-state index in [-0.39, 0.29) is 12.5 Å². The first kappa shape index (κ1) is 30.5. The summed E-state index contributed by atoms with van der Waals surface area (Å²) in [7, 11) is 2.99. The third-order valence-electron chi connectivity index (χ3n) is 7.80. The van der Waals surface area contributed by atoms with Crippen molar-refractivity contribution in [3.05, 3.63) is 53.6 Å². The number of carbonyl (C=O) groups is 2. The molecule has 2 saturated heterocycles. The van der Waals surface area contributed by atoms with Crippen molar-refractivity contribution in [3.63, 3.8) is 0 Å². The number of ether oxygens (including phenoxy) is 4. The third kappa shape index (κ3) is 6.89. The van der Waals surface area contributed by atoms with Crippen molar-refractivity contribution in [2.24, 2.45) is 11.3 Å². The number of para-hydroxylation sites is 1. The maximum atomic E-state index is 13.3. The highest BCUT2D eigenvalue weighted by molar-refractivity contribution is 5.95. The number of methoxy groups -OCH3 is 2. The molecule has 0 aromatic heterocycles. The minimum Gasteiger partial charge on any atom is -0.493 e. The van der Waals surface area contributed by atoms with Crippen LogP contribution >= 0.6 is 0 Å². The second-order valence-corrected chi connectivity index (χ2v) is 11.0. The molecule has 41 heavy (non-hydrogen) atoms. The molecule has 0 aliphatic carbocycles. The largest absolute Gasteiger partial charge is 0.493 e. The highest BCUT2D eigenvalue weighted by Crippen LogP contribution is 2.47. The molecule has 1 spiro atoms. The van der Waals surface area contributed by atoms with Gasteiger partial charge in [-0.3, -0.25) is 9.69 Å². The first-order chi connectivity index (χ1) is 19.5. The fourth-order valence-corrected chi connectivity index (χ4v) is 5.58. The van der Waals surface area contributed by atoms with Gasteiger partial charge in [0, 0.05) is 42.7 Å². The van der Waals surface area contributed by atoms with Crippen molar-refractivity contribution in [3.8, 4) is 17.2 Å². The number of piperidine rings is 1. The van der Waals surface area contributed by atoms with E-state index >= 15 is 0 Å². The Morgan fingerprint density at radius 2 is 1.61 bits per heavy atom. The van der Waals surface area contributed by atoms with Crippen molar-refractivity contribution in [2.75, 3.05) is 40.5 Å². The normalized spacial score (nSPS) is 18.9. The number of likely N-dealkylation sites (tertiary alicyclic amines) is 2. The lowest BCUT2D eigenvalue weighted by Crippen LogP contribution is -2.51. The second-order valence-electron chi connectivity index (χ2n) is 11.0. The van der Waals surface area contributed by atoms with Gasteiger partial charge in [-0.2, -0.15) is 13.2 Å². The Morgan fingerprint density at radius 1 is 0.951 bits per heavy atom. The highest BCUT2D eigenvalue weighted by Gasteiger charge is 2.54. The van der Waals surface area contributed by atoms with E-state index in [1.165, 1.54) is 14.2 Å². The fraction of sp³-hybridized carbons (Fsp3) is 0.533. The smallest absolute Gasteiger partial charge is 0.490 e. The molecular weight excluding hydrogens is 541 g/mol. The molecule has 1 atom stereocenters. The summed E-state index contributed by atoms with van der Waals surface area (Å²) < 4.78 is 61.7. The van der Waals surface area contributed by atoms with Crippen LogP contribution in [0.15, 0.2) is 42.5 Å². The van der Waals surface area contributed by atoms with Crippen LogP contribution < -0.4 is 14.2 Å². The van der Waals surface area contributed by atoms with Crippen LogP contribution in [0.5, 0.6) is 17.2 Å². The van der Waals surface area contributed by atoms with E-state index in [2.05, 4.69) is 0 Å². The number of halogens is 3. The van der Waals surface area contributed by atoms with Gasteiger partial charge >= 0.3 is 12.1 Å². The molecule has 224 valence electrons. The number of carbonyl (C=O) groups excluding carboxylic acids is 2. The Kier molecular flexibility index (Phi) is 9.36. The van der Waals surface area contributed by atoms with E-state index in [9.17, 15) is 22.8 Å². The summed E-state index contributed by atoms with van der Waals surface area (Å²) in [5.41, 5.74) is 0.507. The number of benzene rings is 2. The van der Waals surface area contributed by atoms with Gasteiger partial charge in [-0.05, 0) is 49.4 Å². The number of nitrogens with zero attached hydrogens (tertiary/aromatic N) is 2. The van der Waals surface area contributed by atoms with Gasteiger partial charge in [-0.15, -0.1) is 0 Å². The molecule has 4 rings (SSSR count). The quantitative estimate of drug-likeness (QED) is 0.374. The van der Waals surface area contributed by atoms with Gasteiger partial charge in [-0.1, -0.05) is 32.0 Å². The molecule has 1 amide bonds. The molecule has 2 heterocycles. The molecule has 1 unspecified atom stereocenters. The lowest BCUT2D eigenvalue weighted by atomic mass is 9.76. The van der Waals surface area contributed by atoms with Gasteiger partial charge in [0.15, 0.2) is 17.7 Å². The Balaban J connectivity index is 1.52. The van der Waals surface area contributed by atoms with Crippen molar-refractivity contribution in [1.82, 2.24) is 9.80 Å². The van der Waals surface area contributed by atoms with Crippen LogP contribution in [0, 0.1) is 11.3 Å². The minimum absolute atomic E-state index is 0.212. The van der Waals surface area contributed by atoms with Crippen LogP contribution in [0.4, 0.5) is 13.2 Å². The summed E-state index contributed by atoms with van der Waals surface area (Å²) >= 11 is 0. The molecule has 0 N–H and O–H groups in total. The number of alkyl halides is 3. The van der Waals surface area contributed by atoms with Gasteiger partial charge in [0.05, 0.1) is 20.8 Å². The molecule has 2 aromatic rings. The lowest BCUT2D eigenvalue weighted by Gasteiger charge is -2.43. The Labute approximate surface area is 238 Å². The molecule has 11 heteroatoms. The summed E-state index contributed by atoms with van der Waals surface area (Å²) in [6.07, 6.45) is -4.88. The fourth-order valence-electron chi connectivity index (χ4n) is 5.58. The summed E-state index contributed by atoms with van der Waals surface area (Å²) in [6, 6.07) is 12.3. The summed E-state index contributed by atoms with van der Waals surface area (Å²) in [6.45, 7) is 5.89. The molecule has 0 bridgehead atoms. The van der Waals surface area contributed by atoms with Crippen molar-refractivity contribution in [2.45, 2.75) is 52.1 Å². The number of rotatable bonds is 9. The molecule has 0 radical (unpaired) electrons. The molecule has 8 nitrogen and oxygen atoms in total. The average molecular weight is 579 g/mol. The number of hydrogen-bond donors (Lipinski definition) is 0. The minimum atomic E-state index is -5.11. The van der Waals surface area contributed by atoms with E-state index in [1.807, 2.05) is 38.1 Å². The number of hydrogen-bond acceptors (Lipinski definition) is 7. The lowest BCUT2D eigenvalue weighted by molar-refractivity contribution is -0.220. The predicted octanol–water partition coefficient (Wildman–Crippen LogP) is 5.30. The van der Waals surface area contributed by atoms with Gasteiger partial charge in [0.1, 0.15) is 5.75 Å². The second kappa shape index (κ2) is 12.6. The summed E-state index contributed by atoms with van der Waals surface area (Å²) in [5, 5.41) is 0. The van der Waals surface area contributed by atoms with Crippen LogP contribution in [-0.4, -0.2) is 74.5 Å². The van der Waals surface area contributed by atoms with Crippen molar-refractivity contribution < 1.29 is 41.7 Å². The van der Waals surface area contributed by atoms with E-state index in [1.54, 1.807) is 28.0 Å². The Morgan fingerprint density at radius 3 is 2.24 bits per heavy atom. The maximum absolute atomic E-state index is 13.3.